The first-order valence-corrected chi connectivity index (χ1v) is 12.5. The summed E-state index contributed by atoms with van der Waals surface area (Å²) in [6, 6.07) is 15.3. The van der Waals surface area contributed by atoms with E-state index in [1.54, 1.807) is 12.1 Å². The van der Waals surface area contributed by atoms with Crippen LogP contribution in [0.3, 0.4) is 0 Å². The second kappa shape index (κ2) is 9.66. The van der Waals surface area contributed by atoms with Gasteiger partial charge in [-0.25, -0.2) is 0 Å². The number of carbonyl (C=O) groups is 2. The molecule has 2 aromatic rings. The highest BCUT2D eigenvalue weighted by Gasteiger charge is 2.47. The summed E-state index contributed by atoms with van der Waals surface area (Å²) in [4.78, 5) is 29.9. The Morgan fingerprint density at radius 2 is 1.71 bits per heavy atom. The lowest BCUT2D eigenvalue weighted by molar-refractivity contribution is 0.0498. The van der Waals surface area contributed by atoms with Crippen molar-refractivity contribution in [2.24, 2.45) is 0 Å². The average Bonchev–Trinajstić information content (AvgIpc) is 3.21. The molecular formula is C25H29ClN2O2S. The molecule has 0 atom stereocenters. The molecule has 2 fully saturated rings. The lowest BCUT2D eigenvalue weighted by Gasteiger charge is -2.44. The fourth-order valence-corrected chi connectivity index (χ4v) is 6.20. The van der Waals surface area contributed by atoms with Gasteiger partial charge in [-0.3, -0.25) is 9.59 Å². The second-order valence-corrected chi connectivity index (χ2v) is 10.2. The zero-order chi connectivity index (χ0) is 21.8. The van der Waals surface area contributed by atoms with Gasteiger partial charge in [0.2, 0.25) is 0 Å². The van der Waals surface area contributed by atoms with Gasteiger partial charge in [-0.05, 0) is 55.5 Å². The van der Waals surface area contributed by atoms with Crippen LogP contribution >= 0.6 is 23.4 Å². The zero-order valence-electron chi connectivity index (χ0n) is 18.0. The van der Waals surface area contributed by atoms with E-state index in [0.29, 0.717) is 23.7 Å². The highest BCUT2D eigenvalue weighted by atomic mass is 35.5. The van der Waals surface area contributed by atoms with Crippen LogP contribution < -0.4 is 0 Å². The number of carbonyl (C=O) groups excluding carboxylic acids is 2. The predicted molar refractivity (Wildman–Crippen MR) is 128 cm³/mol. The molecule has 0 radical (unpaired) electrons. The van der Waals surface area contributed by atoms with Crippen molar-refractivity contribution >= 4 is 35.2 Å². The molecular weight excluding hydrogens is 428 g/mol. The summed E-state index contributed by atoms with van der Waals surface area (Å²) in [5, 5.41) is 0.495. The first kappa shape index (κ1) is 22.2. The van der Waals surface area contributed by atoms with Gasteiger partial charge in [0.1, 0.15) is 0 Å². The van der Waals surface area contributed by atoms with Gasteiger partial charge in [0, 0.05) is 31.0 Å². The first-order valence-electron chi connectivity index (χ1n) is 11.1. The fraction of sp³-hybridized carbons (Fsp3) is 0.440. The summed E-state index contributed by atoms with van der Waals surface area (Å²) in [6.07, 6.45) is 4.97. The van der Waals surface area contributed by atoms with Gasteiger partial charge in [0.15, 0.2) is 0 Å². The third-order valence-corrected chi connectivity index (χ3v) is 8.26. The van der Waals surface area contributed by atoms with E-state index >= 15 is 0 Å². The molecule has 2 amide bonds. The average molecular weight is 457 g/mol. The second-order valence-electron chi connectivity index (χ2n) is 8.32. The molecule has 31 heavy (non-hydrogen) atoms. The first-order chi connectivity index (χ1) is 15.0. The van der Waals surface area contributed by atoms with E-state index in [0.717, 1.165) is 37.1 Å². The third-order valence-electron chi connectivity index (χ3n) is 6.38. The van der Waals surface area contributed by atoms with Crippen LogP contribution in [0.1, 0.15) is 58.9 Å². The summed E-state index contributed by atoms with van der Waals surface area (Å²) in [6.45, 7) is 4.24. The minimum atomic E-state index is -0.239. The van der Waals surface area contributed by atoms with Crippen molar-refractivity contribution in [3.05, 3.63) is 70.2 Å². The Balaban J connectivity index is 1.41. The van der Waals surface area contributed by atoms with Crippen LogP contribution in [0.4, 0.5) is 0 Å². The molecule has 2 aliphatic heterocycles. The molecule has 4 nitrogen and oxygen atoms in total. The molecule has 164 valence electrons. The predicted octanol–water partition coefficient (Wildman–Crippen LogP) is 5.50. The van der Waals surface area contributed by atoms with Gasteiger partial charge < -0.3 is 9.80 Å². The van der Waals surface area contributed by atoms with Crippen molar-refractivity contribution in [3.63, 3.8) is 0 Å². The molecule has 0 aliphatic carbocycles. The highest BCUT2D eigenvalue weighted by Crippen LogP contribution is 2.45. The van der Waals surface area contributed by atoms with E-state index in [2.05, 4.69) is 19.1 Å². The number of rotatable bonds is 5. The number of piperidine rings is 1. The molecule has 2 heterocycles. The standard InChI is InChI=1S/C25H29ClN2O2S/c1-2-3-6-19-9-11-20(12-10-19)23(29)27-15-13-25(14-16-27)28(17-18-31-25)24(30)21-7-4-5-8-22(21)26/h4-5,7-12H,2-3,6,13-18H2,1H3. The molecule has 0 N–H and O–H groups in total. The van der Waals surface area contributed by atoms with Crippen molar-refractivity contribution < 1.29 is 9.59 Å². The summed E-state index contributed by atoms with van der Waals surface area (Å²) in [5.41, 5.74) is 2.60. The molecule has 4 rings (SSSR count). The number of aryl methyl sites for hydroxylation is 1. The topological polar surface area (TPSA) is 40.6 Å². The molecule has 0 bridgehead atoms. The largest absolute Gasteiger partial charge is 0.338 e. The van der Waals surface area contributed by atoms with E-state index in [1.165, 1.54) is 18.4 Å². The summed E-state index contributed by atoms with van der Waals surface area (Å²) >= 11 is 8.14. The fourth-order valence-electron chi connectivity index (χ4n) is 4.53. The van der Waals surface area contributed by atoms with Crippen LogP contribution in [0.5, 0.6) is 0 Å². The van der Waals surface area contributed by atoms with Crippen LogP contribution in [0.15, 0.2) is 48.5 Å². The number of amides is 2. The van der Waals surface area contributed by atoms with Crippen LogP contribution in [-0.2, 0) is 6.42 Å². The van der Waals surface area contributed by atoms with Gasteiger partial charge in [0.25, 0.3) is 11.8 Å². The number of unbranched alkanes of at least 4 members (excludes halogenated alkanes) is 1. The summed E-state index contributed by atoms with van der Waals surface area (Å²) < 4.78 is 0. The zero-order valence-corrected chi connectivity index (χ0v) is 19.6. The minimum absolute atomic E-state index is 0.00181. The van der Waals surface area contributed by atoms with Crippen LogP contribution in [0.2, 0.25) is 5.02 Å². The Labute approximate surface area is 193 Å². The Morgan fingerprint density at radius 1 is 1.00 bits per heavy atom. The lowest BCUT2D eigenvalue weighted by atomic mass is 9.99. The maximum absolute atomic E-state index is 13.2. The monoisotopic (exact) mass is 456 g/mol. The number of hydrogen-bond donors (Lipinski definition) is 0. The maximum atomic E-state index is 13.2. The van der Waals surface area contributed by atoms with Gasteiger partial charge >= 0.3 is 0 Å². The van der Waals surface area contributed by atoms with E-state index in [4.69, 9.17) is 11.6 Å². The SMILES string of the molecule is CCCCc1ccc(C(=O)N2CCC3(CC2)SCCN3C(=O)c2ccccc2Cl)cc1. The van der Waals surface area contributed by atoms with Crippen molar-refractivity contribution in [1.29, 1.82) is 0 Å². The van der Waals surface area contributed by atoms with Crippen molar-refractivity contribution in [3.8, 4) is 0 Å². The smallest absolute Gasteiger partial charge is 0.256 e. The number of halogens is 1. The van der Waals surface area contributed by atoms with Gasteiger partial charge in [-0.15, -0.1) is 11.8 Å². The van der Waals surface area contributed by atoms with Crippen molar-refractivity contribution in [2.45, 2.75) is 43.9 Å². The van der Waals surface area contributed by atoms with Gasteiger partial charge in [0.05, 0.1) is 15.5 Å². The van der Waals surface area contributed by atoms with E-state index in [9.17, 15) is 9.59 Å². The lowest BCUT2D eigenvalue weighted by Crippen LogP contribution is -2.53. The quantitative estimate of drug-likeness (QED) is 0.596. The van der Waals surface area contributed by atoms with E-state index < -0.39 is 0 Å². The number of benzene rings is 2. The number of nitrogens with zero attached hydrogens (tertiary/aromatic N) is 2. The Hall–Kier alpha value is -1.98. The number of hydrogen-bond acceptors (Lipinski definition) is 3. The van der Waals surface area contributed by atoms with Crippen LogP contribution in [0.25, 0.3) is 0 Å². The Morgan fingerprint density at radius 3 is 2.39 bits per heavy atom. The maximum Gasteiger partial charge on any atom is 0.256 e. The van der Waals surface area contributed by atoms with E-state index in [-0.39, 0.29) is 16.7 Å². The normalized spacial score (nSPS) is 17.9. The molecule has 1 spiro atoms. The van der Waals surface area contributed by atoms with Crippen molar-refractivity contribution in [1.82, 2.24) is 9.80 Å². The molecule has 2 aliphatic rings. The molecule has 2 aromatic carbocycles. The van der Waals surface area contributed by atoms with Crippen LogP contribution in [0, 0.1) is 0 Å². The van der Waals surface area contributed by atoms with Gasteiger partial charge in [-0.2, -0.15) is 0 Å². The van der Waals surface area contributed by atoms with E-state index in [1.807, 2.05) is 45.8 Å². The molecule has 2 saturated heterocycles. The molecule has 0 unspecified atom stereocenters. The Bertz CT molecular complexity index is 939. The third kappa shape index (κ3) is 4.63. The highest BCUT2D eigenvalue weighted by molar-refractivity contribution is 8.00. The molecule has 6 heteroatoms. The molecule has 0 aromatic heterocycles. The molecule has 0 saturated carbocycles. The summed E-state index contributed by atoms with van der Waals surface area (Å²) in [5.74, 6) is 1.01. The van der Waals surface area contributed by atoms with Crippen molar-refractivity contribution in [2.75, 3.05) is 25.4 Å². The van der Waals surface area contributed by atoms with Gasteiger partial charge in [-0.1, -0.05) is 49.2 Å². The summed E-state index contributed by atoms with van der Waals surface area (Å²) in [7, 11) is 0. The number of likely N-dealkylation sites (tertiary alicyclic amines) is 1. The number of thioether (sulfide) groups is 1. The Kier molecular flexibility index (Phi) is 6.92. The van der Waals surface area contributed by atoms with Crippen LogP contribution in [-0.4, -0.2) is 51.9 Å². The minimum Gasteiger partial charge on any atom is -0.338 e.